The van der Waals surface area contributed by atoms with E-state index in [1.54, 1.807) is 11.3 Å². The van der Waals surface area contributed by atoms with E-state index in [2.05, 4.69) is 30.8 Å². The molecule has 166 valence electrons. The SMILES string of the molecule is Cc1n[nH]c(C)c1CNC(=O)[C@H]1[C@H]2C[C@H](CN(Cc3cscn3)C2)[C@@H]2CCCC(=O)N21. The van der Waals surface area contributed by atoms with Crippen molar-refractivity contribution in [3.05, 3.63) is 33.5 Å². The zero-order chi connectivity index (χ0) is 21.5. The minimum absolute atomic E-state index is 0.0285. The van der Waals surface area contributed by atoms with E-state index in [1.165, 1.54) is 0 Å². The number of rotatable bonds is 5. The maximum atomic E-state index is 13.5. The number of piperidine rings is 3. The number of hydrogen-bond donors (Lipinski definition) is 2. The second kappa shape index (κ2) is 8.35. The van der Waals surface area contributed by atoms with Crippen LogP contribution in [0, 0.1) is 25.7 Å². The van der Waals surface area contributed by atoms with Crippen molar-refractivity contribution < 1.29 is 9.59 Å². The van der Waals surface area contributed by atoms with Crippen LogP contribution in [0.15, 0.2) is 10.9 Å². The fourth-order valence-electron chi connectivity index (χ4n) is 5.88. The predicted molar refractivity (Wildman–Crippen MR) is 117 cm³/mol. The highest BCUT2D eigenvalue weighted by Gasteiger charge is 2.51. The number of thiazole rings is 1. The first-order chi connectivity index (χ1) is 15.0. The van der Waals surface area contributed by atoms with Crippen molar-refractivity contribution in [2.75, 3.05) is 13.1 Å². The van der Waals surface area contributed by atoms with Crippen LogP contribution in [0.1, 0.15) is 48.3 Å². The molecule has 2 aromatic heterocycles. The summed E-state index contributed by atoms with van der Waals surface area (Å²) in [6.45, 7) is 6.97. The van der Waals surface area contributed by atoms with Crippen LogP contribution in [0.25, 0.3) is 0 Å². The number of carbonyl (C=O) groups is 2. The molecule has 3 aliphatic rings. The Bertz CT molecular complexity index is 938. The molecule has 5 rings (SSSR count). The average molecular weight is 443 g/mol. The second-order valence-corrected chi connectivity index (χ2v) is 9.98. The van der Waals surface area contributed by atoms with E-state index in [4.69, 9.17) is 0 Å². The summed E-state index contributed by atoms with van der Waals surface area (Å²) >= 11 is 1.62. The summed E-state index contributed by atoms with van der Waals surface area (Å²) in [6.07, 6.45) is 3.50. The van der Waals surface area contributed by atoms with Gasteiger partial charge in [0.25, 0.3) is 0 Å². The minimum atomic E-state index is -0.389. The van der Waals surface area contributed by atoms with E-state index in [0.717, 1.165) is 61.5 Å². The lowest BCUT2D eigenvalue weighted by molar-refractivity contribution is -0.160. The molecule has 5 heterocycles. The van der Waals surface area contributed by atoms with Crippen molar-refractivity contribution in [1.29, 1.82) is 0 Å². The molecule has 9 heteroatoms. The maximum Gasteiger partial charge on any atom is 0.243 e. The highest BCUT2D eigenvalue weighted by Crippen LogP contribution is 2.42. The van der Waals surface area contributed by atoms with Gasteiger partial charge in [0.2, 0.25) is 11.8 Å². The van der Waals surface area contributed by atoms with Crippen LogP contribution in [0.3, 0.4) is 0 Å². The number of aromatic nitrogens is 3. The number of aromatic amines is 1. The summed E-state index contributed by atoms with van der Waals surface area (Å²) in [6, 6.07) is -0.219. The fourth-order valence-corrected chi connectivity index (χ4v) is 6.43. The first kappa shape index (κ1) is 20.6. The average Bonchev–Trinajstić information content (AvgIpc) is 3.37. The molecule has 3 saturated heterocycles. The molecule has 0 unspecified atom stereocenters. The third kappa shape index (κ3) is 3.89. The van der Waals surface area contributed by atoms with Gasteiger partial charge in [-0.3, -0.25) is 19.6 Å². The van der Waals surface area contributed by atoms with Crippen LogP contribution < -0.4 is 5.32 Å². The molecule has 0 saturated carbocycles. The molecule has 0 radical (unpaired) electrons. The van der Waals surface area contributed by atoms with Gasteiger partial charge in [-0.25, -0.2) is 4.98 Å². The normalized spacial score (nSPS) is 28.5. The van der Waals surface area contributed by atoms with Gasteiger partial charge in [0, 0.05) is 61.2 Å². The molecule has 3 fully saturated rings. The highest BCUT2D eigenvalue weighted by molar-refractivity contribution is 7.07. The number of carbonyl (C=O) groups excluding carboxylic acids is 2. The number of likely N-dealkylation sites (tertiary alicyclic amines) is 1. The quantitative estimate of drug-likeness (QED) is 0.739. The number of aryl methyl sites for hydroxylation is 2. The molecular weight excluding hydrogens is 412 g/mol. The Hall–Kier alpha value is -2.26. The number of nitrogens with one attached hydrogen (secondary N) is 2. The lowest BCUT2D eigenvalue weighted by Gasteiger charge is -2.55. The van der Waals surface area contributed by atoms with Crippen LogP contribution in [-0.4, -0.2) is 62.0 Å². The van der Waals surface area contributed by atoms with Gasteiger partial charge in [-0.1, -0.05) is 0 Å². The third-order valence-corrected chi connectivity index (χ3v) is 7.91. The number of H-pyrrole nitrogens is 1. The van der Waals surface area contributed by atoms with Gasteiger partial charge >= 0.3 is 0 Å². The summed E-state index contributed by atoms with van der Waals surface area (Å²) in [7, 11) is 0. The second-order valence-electron chi connectivity index (χ2n) is 9.27. The zero-order valence-electron chi connectivity index (χ0n) is 18.1. The van der Waals surface area contributed by atoms with Gasteiger partial charge < -0.3 is 10.2 Å². The molecular formula is C22H30N6O2S. The lowest BCUT2D eigenvalue weighted by Crippen LogP contribution is -2.68. The Morgan fingerprint density at radius 3 is 2.90 bits per heavy atom. The van der Waals surface area contributed by atoms with Crippen LogP contribution in [0.5, 0.6) is 0 Å². The summed E-state index contributed by atoms with van der Waals surface area (Å²) in [5, 5.41) is 12.4. The van der Waals surface area contributed by atoms with Crippen molar-refractivity contribution in [1.82, 2.24) is 30.3 Å². The van der Waals surface area contributed by atoms with Gasteiger partial charge in [-0.2, -0.15) is 5.10 Å². The molecule has 8 nitrogen and oxygen atoms in total. The molecule has 2 bridgehead atoms. The third-order valence-electron chi connectivity index (χ3n) is 7.27. The maximum absolute atomic E-state index is 13.5. The summed E-state index contributed by atoms with van der Waals surface area (Å²) < 4.78 is 0. The van der Waals surface area contributed by atoms with Crippen LogP contribution in [-0.2, 0) is 22.7 Å². The highest BCUT2D eigenvalue weighted by atomic mass is 32.1. The number of nitrogens with zero attached hydrogens (tertiary/aromatic N) is 4. The predicted octanol–water partition coefficient (Wildman–Crippen LogP) is 2.00. The Labute approximate surface area is 186 Å². The summed E-state index contributed by atoms with van der Waals surface area (Å²) in [4.78, 5) is 35.3. The Balaban J connectivity index is 1.37. The van der Waals surface area contributed by atoms with Crippen molar-refractivity contribution in [2.45, 2.75) is 64.7 Å². The molecule has 0 spiro atoms. The monoisotopic (exact) mass is 442 g/mol. The smallest absolute Gasteiger partial charge is 0.243 e. The van der Waals surface area contributed by atoms with E-state index in [0.29, 0.717) is 18.9 Å². The lowest BCUT2D eigenvalue weighted by atomic mass is 9.71. The Kier molecular flexibility index (Phi) is 5.56. The summed E-state index contributed by atoms with van der Waals surface area (Å²) in [5.74, 6) is 0.709. The van der Waals surface area contributed by atoms with Gasteiger partial charge in [-0.05, 0) is 39.0 Å². The van der Waals surface area contributed by atoms with Crippen molar-refractivity contribution in [3.63, 3.8) is 0 Å². The van der Waals surface area contributed by atoms with Crippen molar-refractivity contribution in [3.8, 4) is 0 Å². The summed E-state index contributed by atoms with van der Waals surface area (Å²) in [5.41, 5.74) is 5.87. The van der Waals surface area contributed by atoms with Gasteiger partial charge in [-0.15, -0.1) is 11.3 Å². The van der Waals surface area contributed by atoms with E-state index in [-0.39, 0.29) is 29.8 Å². The molecule has 0 aliphatic carbocycles. The standard InChI is InChI=1S/C22H30N6O2S/c1-13-18(14(2)26-25-13)7-23-22(30)21-16-6-15(19-4-3-5-20(29)28(19)21)8-27(9-16)10-17-11-31-12-24-17/h11-12,15-16,19,21H,3-10H2,1-2H3,(H,23,30)(H,25,26)/t15-,16+,19+,21-/m1/s1. The van der Waals surface area contributed by atoms with Gasteiger partial charge in [0.1, 0.15) is 6.04 Å². The van der Waals surface area contributed by atoms with Crippen molar-refractivity contribution in [2.24, 2.45) is 11.8 Å². The number of fused-ring (bicyclic) bond motifs is 4. The first-order valence-electron chi connectivity index (χ1n) is 11.2. The largest absolute Gasteiger partial charge is 0.350 e. The zero-order valence-corrected chi connectivity index (χ0v) is 19.0. The molecule has 3 aliphatic heterocycles. The van der Waals surface area contributed by atoms with E-state index >= 15 is 0 Å². The van der Waals surface area contributed by atoms with Crippen LogP contribution >= 0.6 is 11.3 Å². The number of amides is 2. The van der Waals surface area contributed by atoms with E-state index in [9.17, 15) is 9.59 Å². The minimum Gasteiger partial charge on any atom is -0.350 e. The van der Waals surface area contributed by atoms with Gasteiger partial charge in [0.15, 0.2) is 0 Å². The molecule has 31 heavy (non-hydrogen) atoms. The molecule has 2 N–H and O–H groups in total. The van der Waals surface area contributed by atoms with Crippen LogP contribution in [0.2, 0.25) is 0 Å². The molecule has 4 atom stereocenters. The topological polar surface area (TPSA) is 94.2 Å². The Morgan fingerprint density at radius 1 is 1.32 bits per heavy atom. The number of hydrogen-bond acceptors (Lipinski definition) is 6. The van der Waals surface area contributed by atoms with Gasteiger partial charge in [0.05, 0.1) is 16.9 Å². The van der Waals surface area contributed by atoms with Crippen LogP contribution in [0.4, 0.5) is 0 Å². The van der Waals surface area contributed by atoms with E-state index in [1.807, 2.05) is 24.3 Å². The first-order valence-corrected chi connectivity index (χ1v) is 12.1. The molecule has 0 aromatic carbocycles. The molecule has 2 aromatic rings. The fraction of sp³-hybridized carbons (Fsp3) is 0.636. The van der Waals surface area contributed by atoms with Crippen molar-refractivity contribution >= 4 is 23.2 Å². The van der Waals surface area contributed by atoms with E-state index < -0.39 is 0 Å². The Morgan fingerprint density at radius 2 is 2.16 bits per heavy atom. The molecule has 2 amide bonds.